The van der Waals surface area contributed by atoms with Gasteiger partial charge in [0.25, 0.3) is 0 Å². The molecule has 3 atom stereocenters. The van der Waals surface area contributed by atoms with Crippen LogP contribution >= 0.6 is 12.4 Å². The molecule has 2 aliphatic rings. The number of nitrogens with two attached hydrogens (primary N) is 1. The molecule has 0 spiro atoms. The van der Waals surface area contributed by atoms with E-state index in [1.807, 2.05) is 4.90 Å². The summed E-state index contributed by atoms with van der Waals surface area (Å²) in [4.78, 5) is 14.2. The van der Waals surface area contributed by atoms with Gasteiger partial charge in [0.15, 0.2) is 0 Å². The highest BCUT2D eigenvalue weighted by Gasteiger charge is 2.47. The third-order valence-electron chi connectivity index (χ3n) is 4.40. The minimum Gasteiger partial charge on any atom is -0.342 e. The Morgan fingerprint density at radius 3 is 2.76 bits per heavy atom. The molecule has 0 radical (unpaired) electrons. The van der Waals surface area contributed by atoms with Crippen LogP contribution in [0.25, 0.3) is 0 Å². The molecule has 0 aromatic heterocycles. The second-order valence-electron chi connectivity index (χ2n) is 5.79. The van der Waals surface area contributed by atoms with Crippen LogP contribution in [0.1, 0.15) is 24.3 Å². The fourth-order valence-electron chi connectivity index (χ4n) is 3.07. The monoisotopic (exact) mass is 316 g/mol. The molecule has 2 N–H and O–H groups in total. The fourth-order valence-corrected chi connectivity index (χ4v) is 3.07. The molecule has 1 amide bonds. The van der Waals surface area contributed by atoms with E-state index in [0.29, 0.717) is 31.0 Å². The van der Waals surface area contributed by atoms with Crippen molar-refractivity contribution in [1.29, 1.82) is 0 Å². The van der Waals surface area contributed by atoms with Gasteiger partial charge in [-0.2, -0.15) is 0 Å². The van der Waals surface area contributed by atoms with Crippen molar-refractivity contribution < 1.29 is 13.6 Å². The molecule has 116 valence electrons. The first-order chi connectivity index (χ1) is 9.60. The van der Waals surface area contributed by atoms with Crippen LogP contribution in [0, 0.1) is 23.5 Å². The van der Waals surface area contributed by atoms with E-state index in [2.05, 4.69) is 0 Å². The highest BCUT2D eigenvalue weighted by atomic mass is 35.5. The molecule has 0 bridgehead atoms. The SMILES string of the molecule is Cl.NCC1CCN(C(=O)C2CC2c2ccc(F)cc2F)C1. The summed E-state index contributed by atoms with van der Waals surface area (Å²) in [6.07, 6.45) is 1.61. The van der Waals surface area contributed by atoms with Crippen molar-refractivity contribution in [2.45, 2.75) is 18.8 Å². The minimum atomic E-state index is -0.583. The molecule has 1 aromatic rings. The first-order valence-electron chi connectivity index (χ1n) is 7.04. The van der Waals surface area contributed by atoms with Gasteiger partial charge in [-0.05, 0) is 42.9 Å². The van der Waals surface area contributed by atoms with Gasteiger partial charge in [0.05, 0.1) is 0 Å². The van der Waals surface area contributed by atoms with Gasteiger partial charge in [-0.25, -0.2) is 8.78 Å². The van der Waals surface area contributed by atoms with E-state index in [1.165, 1.54) is 12.1 Å². The quantitative estimate of drug-likeness (QED) is 0.930. The van der Waals surface area contributed by atoms with Crippen molar-refractivity contribution in [3.63, 3.8) is 0 Å². The van der Waals surface area contributed by atoms with Gasteiger partial charge in [0.1, 0.15) is 11.6 Å². The highest BCUT2D eigenvalue weighted by Crippen LogP contribution is 2.49. The van der Waals surface area contributed by atoms with Crippen LogP contribution in [-0.4, -0.2) is 30.4 Å². The third-order valence-corrected chi connectivity index (χ3v) is 4.40. The van der Waals surface area contributed by atoms with E-state index in [1.54, 1.807) is 0 Å². The summed E-state index contributed by atoms with van der Waals surface area (Å²) in [5, 5.41) is 0. The summed E-state index contributed by atoms with van der Waals surface area (Å²) in [7, 11) is 0. The molecule has 1 heterocycles. The molecule has 3 nitrogen and oxygen atoms in total. The van der Waals surface area contributed by atoms with Crippen LogP contribution in [0.4, 0.5) is 8.78 Å². The molecule has 21 heavy (non-hydrogen) atoms. The van der Waals surface area contributed by atoms with E-state index in [-0.39, 0.29) is 30.2 Å². The maximum atomic E-state index is 13.7. The predicted molar refractivity (Wildman–Crippen MR) is 78.2 cm³/mol. The standard InChI is InChI=1S/C15H18F2N2O.ClH/c16-10-1-2-11(14(17)5-10)12-6-13(12)15(20)19-4-3-9(7-18)8-19;/h1-2,5,9,12-13H,3-4,6-8,18H2;1H. The maximum absolute atomic E-state index is 13.7. The number of benzene rings is 1. The lowest BCUT2D eigenvalue weighted by Gasteiger charge is -2.16. The molecule has 1 saturated carbocycles. The molecule has 2 fully saturated rings. The molecule has 1 aliphatic carbocycles. The average molecular weight is 317 g/mol. The van der Waals surface area contributed by atoms with Crippen LogP contribution in [0.15, 0.2) is 18.2 Å². The van der Waals surface area contributed by atoms with Crippen molar-refractivity contribution in [3.8, 4) is 0 Å². The summed E-state index contributed by atoms with van der Waals surface area (Å²) in [6, 6.07) is 3.59. The number of carbonyl (C=O) groups excluding carboxylic acids is 1. The Morgan fingerprint density at radius 1 is 1.38 bits per heavy atom. The van der Waals surface area contributed by atoms with Crippen molar-refractivity contribution in [1.82, 2.24) is 4.90 Å². The molecule has 1 aromatic carbocycles. The van der Waals surface area contributed by atoms with Crippen LogP contribution in [0.2, 0.25) is 0 Å². The number of carbonyl (C=O) groups is 1. The number of halogens is 3. The zero-order valence-electron chi connectivity index (χ0n) is 11.6. The first kappa shape index (κ1) is 16.2. The zero-order valence-corrected chi connectivity index (χ0v) is 12.4. The highest BCUT2D eigenvalue weighted by molar-refractivity contribution is 5.85. The largest absolute Gasteiger partial charge is 0.342 e. The number of nitrogens with zero attached hydrogens (tertiary/aromatic N) is 1. The molecule has 1 saturated heterocycles. The normalized spacial score (nSPS) is 27.4. The first-order valence-corrected chi connectivity index (χ1v) is 7.04. The smallest absolute Gasteiger partial charge is 0.226 e. The summed E-state index contributed by atoms with van der Waals surface area (Å²) >= 11 is 0. The van der Waals surface area contributed by atoms with Crippen molar-refractivity contribution >= 4 is 18.3 Å². The van der Waals surface area contributed by atoms with Gasteiger partial charge >= 0.3 is 0 Å². The van der Waals surface area contributed by atoms with Crippen molar-refractivity contribution in [2.75, 3.05) is 19.6 Å². The lowest BCUT2D eigenvalue weighted by atomic mass is 10.1. The molecule has 3 unspecified atom stereocenters. The Labute approximate surface area is 128 Å². The van der Waals surface area contributed by atoms with Gasteiger partial charge < -0.3 is 10.6 Å². The zero-order chi connectivity index (χ0) is 14.3. The molecule has 6 heteroatoms. The third kappa shape index (κ3) is 3.19. The molecular weight excluding hydrogens is 298 g/mol. The summed E-state index contributed by atoms with van der Waals surface area (Å²) in [6.45, 7) is 2.06. The van der Waals surface area contributed by atoms with E-state index in [0.717, 1.165) is 19.0 Å². The Bertz CT molecular complexity index is 540. The molecular formula is C15H19ClF2N2O. The Kier molecular flexibility index (Phi) is 4.84. The van der Waals surface area contributed by atoms with Crippen LogP contribution < -0.4 is 5.73 Å². The number of likely N-dealkylation sites (tertiary alicyclic amines) is 1. The maximum Gasteiger partial charge on any atom is 0.226 e. The number of rotatable bonds is 3. The van der Waals surface area contributed by atoms with Gasteiger partial charge in [-0.3, -0.25) is 4.79 Å². The van der Waals surface area contributed by atoms with Crippen LogP contribution in [-0.2, 0) is 4.79 Å². The van der Waals surface area contributed by atoms with E-state index < -0.39 is 11.6 Å². The van der Waals surface area contributed by atoms with E-state index in [4.69, 9.17) is 5.73 Å². The predicted octanol–water partition coefficient (Wildman–Crippen LogP) is 2.30. The topological polar surface area (TPSA) is 46.3 Å². The lowest BCUT2D eigenvalue weighted by molar-refractivity contribution is -0.131. The van der Waals surface area contributed by atoms with Crippen LogP contribution in [0.3, 0.4) is 0 Å². The second-order valence-corrected chi connectivity index (χ2v) is 5.79. The Balaban J connectivity index is 0.00000161. The number of hydrogen-bond acceptors (Lipinski definition) is 2. The van der Waals surface area contributed by atoms with E-state index in [9.17, 15) is 13.6 Å². The van der Waals surface area contributed by atoms with Gasteiger partial charge in [-0.15, -0.1) is 12.4 Å². The van der Waals surface area contributed by atoms with E-state index >= 15 is 0 Å². The van der Waals surface area contributed by atoms with Crippen molar-refractivity contribution in [2.24, 2.45) is 17.6 Å². The summed E-state index contributed by atoms with van der Waals surface area (Å²) in [5.74, 6) is -0.897. The number of hydrogen-bond donors (Lipinski definition) is 1. The van der Waals surface area contributed by atoms with Gasteiger partial charge in [0.2, 0.25) is 5.91 Å². The average Bonchev–Trinajstić information content (AvgIpc) is 3.06. The lowest BCUT2D eigenvalue weighted by Crippen LogP contribution is -2.31. The Morgan fingerprint density at radius 2 is 2.14 bits per heavy atom. The molecule has 1 aliphatic heterocycles. The number of amides is 1. The van der Waals surface area contributed by atoms with Gasteiger partial charge in [0, 0.05) is 25.1 Å². The van der Waals surface area contributed by atoms with Crippen LogP contribution in [0.5, 0.6) is 0 Å². The van der Waals surface area contributed by atoms with Crippen molar-refractivity contribution in [3.05, 3.63) is 35.4 Å². The summed E-state index contributed by atoms with van der Waals surface area (Å²) < 4.78 is 26.6. The van der Waals surface area contributed by atoms with Gasteiger partial charge in [-0.1, -0.05) is 6.07 Å². The summed E-state index contributed by atoms with van der Waals surface area (Å²) in [5.41, 5.74) is 6.07. The Hall–Kier alpha value is -1.20. The second kappa shape index (κ2) is 6.28. The fraction of sp³-hybridized carbons (Fsp3) is 0.533. The minimum absolute atomic E-state index is 0. The molecule has 3 rings (SSSR count).